The Morgan fingerprint density at radius 1 is 1.24 bits per heavy atom. The molecule has 3 nitrogen and oxygen atoms in total. The molecule has 0 amide bonds. The van der Waals surface area contributed by atoms with E-state index in [-0.39, 0.29) is 5.82 Å². The third-order valence-corrected chi connectivity index (χ3v) is 4.35. The summed E-state index contributed by atoms with van der Waals surface area (Å²) in [5, 5.41) is 6.55. The SMILES string of the molecule is CC(C)C(CNc1nccc(CNC2CC2)c1F)C(C)C. The van der Waals surface area contributed by atoms with Gasteiger partial charge in [0, 0.05) is 30.9 Å². The Labute approximate surface area is 127 Å². The Morgan fingerprint density at radius 2 is 1.90 bits per heavy atom. The van der Waals surface area contributed by atoms with E-state index in [0.29, 0.717) is 41.7 Å². The third-order valence-electron chi connectivity index (χ3n) is 4.35. The van der Waals surface area contributed by atoms with Gasteiger partial charge in [0.15, 0.2) is 11.6 Å². The fraction of sp³-hybridized carbons (Fsp3) is 0.706. The second-order valence-electron chi connectivity index (χ2n) is 6.82. The largest absolute Gasteiger partial charge is 0.367 e. The van der Waals surface area contributed by atoms with E-state index in [1.165, 1.54) is 12.8 Å². The Morgan fingerprint density at radius 3 is 2.48 bits per heavy atom. The fourth-order valence-corrected chi connectivity index (χ4v) is 2.74. The maximum Gasteiger partial charge on any atom is 0.169 e. The topological polar surface area (TPSA) is 37.0 Å². The summed E-state index contributed by atoms with van der Waals surface area (Å²) in [7, 11) is 0. The van der Waals surface area contributed by atoms with Crippen LogP contribution in [0.25, 0.3) is 0 Å². The lowest BCUT2D eigenvalue weighted by Crippen LogP contribution is -2.25. The van der Waals surface area contributed by atoms with E-state index in [4.69, 9.17) is 0 Å². The summed E-state index contributed by atoms with van der Waals surface area (Å²) >= 11 is 0. The first-order valence-corrected chi connectivity index (χ1v) is 8.09. The molecule has 1 fully saturated rings. The fourth-order valence-electron chi connectivity index (χ4n) is 2.74. The average molecular weight is 293 g/mol. The van der Waals surface area contributed by atoms with E-state index < -0.39 is 0 Å². The van der Waals surface area contributed by atoms with Crippen molar-refractivity contribution in [3.63, 3.8) is 0 Å². The van der Waals surface area contributed by atoms with E-state index in [1.54, 1.807) is 12.3 Å². The number of hydrogen-bond donors (Lipinski definition) is 2. The smallest absolute Gasteiger partial charge is 0.169 e. The summed E-state index contributed by atoms with van der Waals surface area (Å²) in [5.74, 6) is 1.83. The zero-order valence-electron chi connectivity index (χ0n) is 13.6. The van der Waals surface area contributed by atoms with Crippen molar-refractivity contribution in [2.24, 2.45) is 17.8 Å². The highest BCUT2D eigenvalue weighted by atomic mass is 19.1. The summed E-state index contributed by atoms with van der Waals surface area (Å²) in [6, 6.07) is 2.35. The highest BCUT2D eigenvalue weighted by Gasteiger charge is 2.22. The zero-order valence-corrected chi connectivity index (χ0v) is 13.6. The molecule has 2 N–H and O–H groups in total. The molecule has 0 atom stereocenters. The predicted octanol–water partition coefficient (Wildman–Crippen LogP) is 3.81. The Kier molecular flexibility index (Phi) is 5.57. The lowest BCUT2D eigenvalue weighted by atomic mass is 9.85. The predicted molar refractivity (Wildman–Crippen MR) is 85.7 cm³/mol. The van der Waals surface area contributed by atoms with E-state index >= 15 is 0 Å². The van der Waals surface area contributed by atoms with Gasteiger partial charge in [-0.1, -0.05) is 27.7 Å². The van der Waals surface area contributed by atoms with Crippen LogP contribution >= 0.6 is 0 Å². The van der Waals surface area contributed by atoms with Crippen LogP contribution in [0.1, 0.15) is 46.1 Å². The summed E-state index contributed by atoms with van der Waals surface area (Å²) in [6.45, 7) is 10.2. The molecule has 0 spiro atoms. The lowest BCUT2D eigenvalue weighted by Gasteiger charge is -2.25. The maximum atomic E-state index is 14.4. The highest BCUT2D eigenvalue weighted by Crippen LogP contribution is 2.23. The van der Waals surface area contributed by atoms with Gasteiger partial charge in [0.1, 0.15) is 0 Å². The van der Waals surface area contributed by atoms with E-state index in [2.05, 4.69) is 43.3 Å². The summed E-state index contributed by atoms with van der Waals surface area (Å²) in [4.78, 5) is 4.16. The van der Waals surface area contributed by atoms with Gasteiger partial charge in [-0.2, -0.15) is 0 Å². The normalized spacial score (nSPS) is 15.2. The number of rotatable bonds is 8. The van der Waals surface area contributed by atoms with Crippen LogP contribution < -0.4 is 10.6 Å². The van der Waals surface area contributed by atoms with Crippen LogP contribution in [-0.2, 0) is 6.54 Å². The van der Waals surface area contributed by atoms with E-state index in [1.807, 2.05) is 0 Å². The van der Waals surface area contributed by atoms with Gasteiger partial charge < -0.3 is 10.6 Å². The highest BCUT2D eigenvalue weighted by molar-refractivity contribution is 5.40. The Hall–Kier alpha value is -1.16. The first kappa shape index (κ1) is 16.2. The second-order valence-corrected chi connectivity index (χ2v) is 6.82. The van der Waals surface area contributed by atoms with Crippen molar-refractivity contribution >= 4 is 5.82 Å². The molecule has 1 aliphatic carbocycles. The molecule has 21 heavy (non-hydrogen) atoms. The van der Waals surface area contributed by atoms with Gasteiger partial charge in [0.25, 0.3) is 0 Å². The zero-order chi connectivity index (χ0) is 15.4. The van der Waals surface area contributed by atoms with Crippen molar-refractivity contribution in [3.05, 3.63) is 23.6 Å². The van der Waals surface area contributed by atoms with Crippen LogP contribution in [0.2, 0.25) is 0 Å². The molecule has 0 saturated heterocycles. The summed E-state index contributed by atoms with van der Waals surface area (Å²) in [6.07, 6.45) is 4.11. The van der Waals surface area contributed by atoms with Gasteiger partial charge in [-0.15, -0.1) is 0 Å². The summed E-state index contributed by atoms with van der Waals surface area (Å²) in [5.41, 5.74) is 0.699. The average Bonchev–Trinajstić information content (AvgIpc) is 3.22. The van der Waals surface area contributed by atoms with Gasteiger partial charge in [0.2, 0.25) is 0 Å². The van der Waals surface area contributed by atoms with Crippen LogP contribution in [0.3, 0.4) is 0 Å². The number of halogens is 1. The number of nitrogens with zero attached hydrogens (tertiary/aromatic N) is 1. The minimum absolute atomic E-state index is 0.211. The second kappa shape index (κ2) is 7.21. The standard InChI is InChI=1S/C17H28FN3/c1-11(2)15(12(3)4)10-21-17-16(18)13(7-8-19-17)9-20-14-5-6-14/h7-8,11-12,14-15,20H,5-6,9-10H2,1-4H3,(H,19,21). The molecule has 1 heterocycles. The third kappa shape index (κ3) is 4.67. The molecule has 0 bridgehead atoms. The molecular weight excluding hydrogens is 265 g/mol. The van der Waals surface area contributed by atoms with Crippen molar-refractivity contribution in [2.45, 2.75) is 53.1 Å². The van der Waals surface area contributed by atoms with Gasteiger partial charge >= 0.3 is 0 Å². The van der Waals surface area contributed by atoms with Gasteiger partial charge in [0.05, 0.1) is 0 Å². The Bertz CT molecular complexity index is 447. The van der Waals surface area contributed by atoms with Crippen LogP contribution in [0.4, 0.5) is 10.2 Å². The molecule has 0 unspecified atom stereocenters. The van der Waals surface area contributed by atoms with Crippen LogP contribution in [0.15, 0.2) is 12.3 Å². The minimum Gasteiger partial charge on any atom is -0.367 e. The molecule has 1 aromatic rings. The molecule has 1 aliphatic rings. The molecular formula is C17H28FN3. The summed E-state index contributed by atoms with van der Waals surface area (Å²) < 4.78 is 14.4. The molecule has 1 aromatic heterocycles. The first-order chi connectivity index (χ1) is 9.99. The minimum atomic E-state index is -0.211. The molecule has 118 valence electrons. The number of nitrogens with one attached hydrogen (secondary N) is 2. The lowest BCUT2D eigenvalue weighted by molar-refractivity contribution is 0.304. The van der Waals surface area contributed by atoms with Crippen molar-refractivity contribution in [1.82, 2.24) is 10.3 Å². The quantitative estimate of drug-likeness (QED) is 0.765. The van der Waals surface area contributed by atoms with E-state index in [9.17, 15) is 4.39 Å². The first-order valence-electron chi connectivity index (χ1n) is 8.09. The maximum absolute atomic E-state index is 14.4. The molecule has 0 radical (unpaired) electrons. The molecule has 1 saturated carbocycles. The van der Waals surface area contributed by atoms with Crippen molar-refractivity contribution in [3.8, 4) is 0 Å². The van der Waals surface area contributed by atoms with E-state index in [0.717, 1.165) is 6.54 Å². The Balaban J connectivity index is 1.96. The van der Waals surface area contributed by atoms with Crippen molar-refractivity contribution in [2.75, 3.05) is 11.9 Å². The number of anilines is 1. The van der Waals surface area contributed by atoms with Gasteiger partial charge in [-0.3, -0.25) is 0 Å². The van der Waals surface area contributed by atoms with Gasteiger partial charge in [-0.25, -0.2) is 9.37 Å². The van der Waals surface area contributed by atoms with Crippen LogP contribution in [-0.4, -0.2) is 17.6 Å². The molecule has 0 aliphatic heterocycles. The van der Waals surface area contributed by atoms with Gasteiger partial charge in [-0.05, 0) is 36.7 Å². The van der Waals surface area contributed by atoms with Crippen LogP contribution in [0, 0.1) is 23.6 Å². The molecule has 2 rings (SSSR count). The number of hydrogen-bond acceptors (Lipinski definition) is 3. The van der Waals surface area contributed by atoms with Crippen molar-refractivity contribution in [1.29, 1.82) is 0 Å². The number of pyridine rings is 1. The number of aromatic nitrogens is 1. The molecule has 0 aromatic carbocycles. The monoisotopic (exact) mass is 293 g/mol. The van der Waals surface area contributed by atoms with Crippen LogP contribution in [0.5, 0.6) is 0 Å². The molecule has 4 heteroatoms. The van der Waals surface area contributed by atoms with Crippen molar-refractivity contribution < 1.29 is 4.39 Å².